The largest absolute Gasteiger partial charge is 0.487 e. The van der Waals surface area contributed by atoms with E-state index in [1.165, 1.54) is 18.5 Å². The first-order chi connectivity index (χ1) is 19.0. The van der Waals surface area contributed by atoms with Crippen LogP contribution in [-0.4, -0.2) is 31.7 Å². The third-order valence-electron chi connectivity index (χ3n) is 6.34. The molecular weight excluding hydrogens is 539 g/mol. The Kier molecular flexibility index (Phi) is 7.28. The molecule has 2 unspecified atom stereocenters. The summed E-state index contributed by atoms with van der Waals surface area (Å²) in [5, 5.41) is 8.13. The van der Waals surface area contributed by atoms with Crippen molar-refractivity contribution in [1.29, 1.82) is 0 Å². The van der Waals surface area contributed by atoms with Crippen LogP contribution < -0.4 is 15.4 Å². The number of furan rings is 1. The lowest BCUT2D eigenvalue weighted by molar-refractivity contribution is 0.306. The van der Waals surface area contributed by atoms with Gasteiger partial charge in [0.1, 0.15) is 41.8 Å². The molecule has 3 heterocycles. The number of nitrogens with zero attached hydrogens (tertiary/aromatic N) is 2. The Morgan fingerprint density at radius 2 is 1.97 bits per heavy atom. The number of halogens is 2. The lowest BCUT2D eigenvalue weighted by Gasteiger charge is -2.12. The molecule has 2 atom stereocenters. The minimum absolute atomic E-state index is 0.204. The summed E-state index contributed by atoms with van der Waals surface area (Å²) in [5.74, 6) is 3.14. The summed E-state index contributed by atoms with van der Waals surface area (Å²) in [6.45, 7) is 1.52. The van der Waals surface area contributed by atoms with Crippen molar-refractivity contribution in [3.05, 3.63) is 101 Å². The highest BCUT2D eigenvalue weighted by Crippen LogP contribution is 2.33. The SMILES string of the molecule is O=S1CC1CNCc1ccc(-c2ccc3ncnc(Nc4ccc(OCc5cccc(F)c5)c(Cl)c4)c3c2)o1. The monoisotopic (exact) mass is 562 g/mol. The summed E-state index contributed by atoms with van der Waals surface area (Å²) in [6, 6.07) is 21.4. The van der Waals surface area contributed by atoms with Crippen molar-refractivity contribution in [2.45, 2.75) is 18.4 Å². The number of hydrogen-bond donors (Lipinski definition) is 2. The Labute approximate surface area is 231 Å². The molecule has 0 spiro atoms. The summed E-state index contributed by atoms with van der Waals surface area (Å²) in [6.07, 6.45) is 1.51. The molecule has 2 aromatic heterocycles. The smallest absolute Gasteiger partial charge is 0.141 e. The predicted molar refractivity (Wildman–Crippen MR) is 151 cm³/mol. The van der Waals surface area contributed by atoms with E-state index in [2.05, 4.69) is 20.6 Å². The number of aromatic nitrogens is 2. The molecule has 198 valence electrons. The van der Waals surface area contributed by atoms with E-state index < -0.39 is 10.8 Å². The molecule has 0 saturated carbocycles. The molecule has 1 aliphatic heterocycles. The van der Waals surface area contributed by atoms with Gasteiger partial charge in [-0.25, -0.2) is 14.4 Å². The first kappa shape index (κ1) is 25.5. The standard InChI is InChI=1S/C29H24ClFN4O3S/c30-25-12-21(5-8-28(25)37-15-18-2-1-3-20(31)10-18)35-29-24-11-19(4-7-26(24)33-17-34-29)27-9-6-22(38-27)13-32-14-23-16-39(23)36/h1-12,17,23,32H,13-16H2,(H,33,34,35). The fourth-order valence-corrected chi connectivity index (χ4v) is 5.32. The Bertz CT molecular complexity index is 1680. The van der Waals surface area contributed by atoms with Crippen molar-refractivity contribution in [1.82, 2.24) is 15.3 Å². The zero-order valence-electron chi connectivity index (χ0n) is 20.7. The van der Waals surface area contributed by atoms with Crippen LogP contribution in [0.15, 0.2) is 83.5 Å². The van der Waals surface area contributed by atoms with Crippen molar-refractivity contribution < 1.29 is 17.8 Å². The van der Waals surface area contributed by atoms with Gasteiger partial charge >= 0.3 is 0 Å². The molecule has 7 nitrogen and oxygen atoms in total. The van der Waals surface area contributed by atoms with Crippen molar-refractivity contribution in [2.75, 3.05) is 17.6 Å². The second kappa shape index (κ2) is 11.1. The topological polar surface area (TPSA) is 89.3 Å². The number of hydrogen-bond acceptors (Lipinski definition) is 7. The van der Waals surface area contributed by atoms with E-state index in [9.17, 15) is 8.60 Å². The van der Waals surface area contributed by atoms with Gasteiger partial charge < -0.3 is 19.8 Å². The Hall–Kier alpha value is -3.79. The number of rotatable bonds is 10. The molecule has 6 rings (SSSR count). The molecule has 2 N–H and O–H groups in total. The fourth-order valence-electron chi connectivity index (χ4n) is 4.21. The maximum absolute atomic E-state index is 13.4. The average Bonchev–Trinajstić information content (AvgIpc) is 3.43. The minimum atomic E-state index is -0.660. The van der Waals surface area contributed by atoms with Crippen molar-refractivity contribution in [3.63, 3.8) is 0 Å². The second-order valence-corrected chi connectivity index (χ2v) is 11.4. The highest BCUT2D eigenvalue weighted by molar-refractivity contribution is 7.93. The van der Waals surface area contributed by atoms with Gasteiger partial charge in [0.15, 0.2) is 0 Å². The highest BCUT2D eigenvalue weighted by atomic mass is 35.5. The molecule has 0 bridgehead atoms. The van der Waals surface area contributed by atoms with E-state index in [4.69, 9.17) is 20.8 Å². The van der Waals surface area contributed by atoms with E-state index in [1.54, 1.807) is 24.3 Å². The van der Waals surface area contributed by atoms with Crippen molar-refractivity contribution in [2.24, 2.45) is 0 Å². The fraction of sp³-hybridized carbons (Fsp3) is 0.172. The summed E-state index contributed by atoms with van der Waals surface area (Å²) >= 11 is 6.48. The van der Waals surface area contributed by atoms with Gasteiger partial charge in [-0.3, -0.25) is 4.21 Å². The molecular formula is C29H24ClFN4O3S. The molecule has 39 heavy (non-hydrogen) atoms. The Morgan fingerprint density at radius 3 is 2.79 bits per heavy atom. The highest BCUT2D eigenvalue weighted by Gasteiger charge is 2.32. The zero-order valence-corrected chi connectivity index (χ0v) is 22.3. The van der Waals surface area contributed by atoms with E-state index >= 15 is 0 Å². The number of anilines is 2. The zero-order chi connectivity index (χ0) is 26.8. The third kappa shape index (κ3) is 6.11. The van der Waals surface area contributed by atoms with Gasteiger partial charge in [-0.1, -0.05) is 23.7 Å². The molecule has 0 amide bonds. The van der Waals surface area contributed by atoms with E-state index in [1.807, 2.05) is 36.4 Å². The molecule has 0 aliphatic carbocycles. The van der Waals surface area contributed by atoms with Crippen LogP contribution in [0.1, 0.15) is 11.3 Å². The maximum Gasteiger partial charge on any atom is 0.141 e. The Balaban J connectivity index is 1.16. The van der Waals surface area contributed by atoms with Crippen LogP contribution in [0.4, 0.5) is 15.9 Å². The first-order valence-corrected chi connectivity index (χ1v) is 14.1. The molecule has 3 aromatic carbocycles. The van der Waals surface area contributed by atoms with Gasteiger partial charge in [-0.15, -0.1) is 0 Å². The third-order valence-corrected chi connectivity index (χ3v) is 8.01. The average molecular weight is 563 g/mol. The summed E-state index contributed by atoms with van der Waals surface area (Å²) in [7, 11) is -0.660. The van der Waals surface area contributed by atoms with Crippen LogP contribution in [0.2, 0.25) is 5.02 Å². The second-order valence-electron chi connectivity index (χ2n) is 9.21. The van der Waals surface area contributed by atoms with E-state index in [-0.39, 0.29) is 17.7 Å². The van der Waals surface area contributed by atoms with E-state index in [0.717, 1.165) is 46.0 Å². The number of fused-ring (bicyclic) bond motifs is 1. The van der Waals surface area contributed by atoms with Crippen LogP contribution in [0.25, 0.3) is 22.2 Å². The predicted octanol–water partition coefficient (Wildman–Crippen LogP) is 6.23. The van der Waals surface area contributed by atoms with Crippen LogP contribution in [0.3, 0.4) is 0 Å². The van der Waals surface area contributed by atoms with Crippen LogP contribution in [0, 0.1) is 5.82 Å². The number of nitrogens with one attached hydrogen (secondary N) is 2. The Morgan fingerprint density at radius 1 is 1.08 bits per heavy atom. The molecule has 1 fully saturated rings. The molecule has 1 aliphatic rings. The number of benzene rings is 3. The van der Waals surface area contributed by atoms with Gasteiger partial charge in [0.2, 0.25) is 0 Å². The lowest BCUT2D eigenvalue weighted by Crippen LogP contribution is -2.18. The van der Waals surface area contributed by atoms with Crippen LogP contribution in [0.5, 0.6) is 5.75 Å². The lowest BCUT2D eigenvalue weighted by atomic mass is 10.1. The number of ether oxygens (including phenoxy) is 1. The van der Waals surface area contributed by atoms with Gasteiger partial charge in [0.05, 0.1) is 22.3 Å². The minimum Gasteiger partial charge on any atom is -0.487 e. The summed E-state index contributed by atoms with van der Waals surface area (Å²) in [5.41, 5.74) is 3.12. The van der Waals surface area contributed by atoms with Crippen LogP contribution >= 0.6 is 11.6 Å². The van der Waals surface area contributed by atoms with E-state index in [0.29, 0.717) is 28.7 Å². The molecule has 5 aromatic rings. The quantitative estimate of drug-likeness (QED) is 0.195. The molecule has 0 radical (unpaired) electrons. The summed E-state index contributed by atoms with van der Waals surface area (Å²) < 4.78 is 36.6. The summed E-state index contributed by atoms with van der Waals surface area (Å²) in [4.78, 5) is 8.84. The van der Waals surface area contributed by atoms with Crippen LogP contribution in [-0.2, 0) is 24.0 Å². The van der Waals surface area contributed by atoms with Crippen molar-refractivity contribution >= 4 is 44.8 Å². The molecule has 10 heteroatoms. The normalized spacial score (nSPS) is 16.4. The molecule has 1 saturated heterocycles. The van der Waals surface area contributed by atoms with Gasteiger partial charge in [0, 0.05) is 39.7 Å². The van der Waals surface area contributed by atoms with Gasteiger partial charge in [0.25, 0.3) is 0 Å². The maximum atomic E-state index is 13.4. The van der Waals surface area contributed by atoms with Gasteiger partial charge in [-0.05, 0) is 66.2 Å². The first-order valence-electron chi connectivity index (χ1n) is 12.4. The van der Waals surface area contributed by atoms with Gasteiger partial charge in [-0.2, -0.15) is 0 Å². The van der Waals surface area contributed by atoms with Crippen molar-refractivity contribution in [3.8, 4) is 17.1 Å².